The Morgan fingerprint density at radius 2 is 2.10 bits per heavy atom. The van der Waals surface area contributed by atoms with Crippen LogP contribution in [-0.4, -0.2) is 46.9 Å². The average Bonchev–Trinajstić information content (AvgIpc) is 2.71. The average molecular weight is 433 g/mol. The van der Waals surface area contributed by atoms with Crippen molar-refractivity contribution in [3.8, 4) is 22.6 Å². The molecule has 3 heterocycles. The minimum Gasteiger partial charge on any atom is -0.507 e. The zero-order valence-corrected chi connectivity index (χ0v) is 16.9. The van der Waals surface area contributed by atoms with E-state index in [-0.39, 0.29) is 39.5 Å². The molecule has 9 heteroatoms. The molecule has 0 amide bonds. The van der Waals surface area contributed by atoms with Crippen molar-refractivity contribution in [1.29, 1.82) is 0 Å². The molecule has 0 radical (unpaired) electrons. The van der Waals surface area contributed by atoms with Gasteiger partial charge in [-0.05, 0) is 19.1 Å². The predicted molar refractivity (Wildman–Crippen MR) is 110 cm³/mol. The number of nitrogens with zero attached hydrogens (tertiary/aromatic N) is 3. The molecule has 3 aromatic rings. The molecule has 6 nitrogen and oxygen atoms in total. The zero-order valence-electron chi connectivity index (χ0n) is 16.1. The van der Waals surface area contributed by atoms with E-state index in [1.54, 1.807) is 0 Å². The summed E-state index contributed by atoms with van der Waals surface area (Å²) >= 11 is 6.58. The molecule has 1 aromatic heterocycles. The Kier molecular flexibility index (Phi) is 4.63. The van der Waals surface area contributed by atoms with Gasteiger partial charge in [0, 0.05) is 37.2 Å². The van der Waals surface area contributed by atoms with Crippen molar-refractivity contribution in [1.82, 2.24) is 15.3 Å². The van der Waals surface area contributed by atoms with Gasteiger partial charge >= 0.3 is 0 Å². The number of anilines is 1. The van der Waals surface area contributed by atoms with Gasteiger partial charge in [-0.2, -0.15) is 0 Å². The van der Waals surface area contributed by atoms with Crippen LogP contribution < -0.4 is 15.0 Å². The largest absolute Gasteiger partial charge is 0.507 e. The lowest BCUT2D eigenvalue weighted by atomic mass is 9.98. The quantitative estimate of drug-likeness (QED) is 0.608. The molecular weight excluding hydrogens is 414 g/mol. The Labute approximate surface area is 176 Å². The lowest BCUT2D eigenvalue weighted by molar-refractivity contribution is 0.276. The predicted octanol–water partition coefficient (Wildman–Crippen LogP) is 3.88. The van der Waals surface area contributed by atoms with Crippen LogP contribution >= 0.6 is 11.6 Å². The van der Waals surface area contributed by atoms with Crippen LogP contribution in [-0.2, 0) is 0 Å². The lowest BCUT2D eigenvalue weighted by Crippen LogP contribution is -2.56. The van der Waals surface area contributed by atoms with Gasteiger partial charge in [-0.3, -0.25) is 0 Å². The van der Waals surface area contributed by atoms with Crippen LogP contribution in [0.4, 0.5) is 14.6 Å². The third-order valence-electron chi connectivity index (χ3n) is 5.72. The second-order valence-corrected chi connectivity index (χ2v) is 8.02. The normalized spacial score (nSPS) is 21.0. The Morgan fingerprint density at radius 1 is 1.27 bits per heavy atom. The van der Waals surface area contributed by atoms with Gasteiger partial charge in [-0.15, -0.1) is 0 Å². The second kappa shape index (κ2) is 7.21. The minimum atomic E-state index is -0.827. The molecule has 2 aliphatic rings. The topological polar surface area (TPSA) is 70.5 Å². The third kappa shape index (κ3) is 2.86. The summed E-state index contributed by atoms with van der Waals surface area (Å²) in [5, 5.41) is 13.9. The number of phenolic OH excluding ortho intramolecular Hbond substituents is 1. The molecule has 2 aliphatic heterocycles. The molecule has 5 rings (SSSR count). The summed E-state index contributed by atoms with van der Waals surface area (Å²) in [6, 6.07) is 4.11. The molecule has 2 aromatic carbocycles. The molecule has 2 atom stereocenters. The van der Waals surface area contributed by atoms with Crippen LogP contribution in [0.15, 0.2) is 24.5 Å². The first-order valence-corrected chi connectivity index (χ1v) is 10.1. The summed E-state index contributed by atoms with van der Waals surface area (Å²) < 4.78 is 36.2. The number of fused-ring (bicyclic) bond motifs is 2. The van der Waals surface area contributed by atoms with Gasteiger partial charge in [0.05, 0.1) is 22.6 Å². The molecule has 0 spiro atoms. The van der Waals surface area contributed by atoms with Gasteiger partial charge in [0.2, 0.25) is 0 Å². The van der Waals surface area contributed by atoms with Crippen LogP contribution in [0.5, 0.6) is 11.5 Å². The Hall–Kier alpha value is -2.71. The monoisotopic (exact) mass is 432 g/mol. The first kappa shape index (κ1) is 19.3. The van der Waals surface area contributed by atoms with Crippen molar-refractivity contribution in [2.24, 2.45) is 0 Å². The highest BCUT2D eigenvalue weighted by molar-refractivity contribution is 6.36. The molecule has 1 fully saturated rings. The fraction of sp³-hybridized carbons (Fsp3) is 0.333. The summed E-state index contributed by atoms with van der Waals surface area (Å²) in [4.78, 5) is 10.7. The van der Waals surface area contributed by atoms with E-state index in [0.717, 1.165) is 12.6 Å². The summed E-state index contributed by atoms with van der Waals surface area (Å²) in [6.07, 6.45) is 1.99. The number of nitrogens with one attached hydrogen (secondary N) is 1. The maximum absolute atomic E-state index is 15.7. The van der Waals surface area contributed by atoms with Crippen LogP contribution in [0.3, 0.4) is 0 Å². The molecule has 0 bridgehead atoms. The summed E-state index contributed by atoms with van der Waals surface area (Å²) in [5.41, 5.74) is -0.619. The molecule has 30 heavy (non-hydrogen) atoms. The van der Waals surface area contributed by atoms with Crippen LogP contribution in [0.2, 0.25) is 5.02 Å². The minimum absolute atomic E-state index is 0.0242. The van der Waals surface area contributed by atoms with E-state index < -0.39 is 17.4 Å². The number of hydrogen-bond acceptors (Lipinski definition) is 6. The number of piperazine rings is 1. The van der Waals surface area contributed by atoms with E-state index in [9.17, 15) is 9.50 Å². The molecule has 1 saturated heterocycles. The smallest absolute Gasteiger partial charge is 0.159 e. The molecule has 0 unspecified atom stereocenters. The SMILES string of the molecule is C[C@H]1CN2c3ncnc4c(F)c(-c5c(O)cccc5F)c(Cl)c(c34)OCC[C@H]2CN1. The van der Waals surface area contributed by atoms with E-state index in [4.69, 9.17) is 16.3 Å². The lowest BCUT2D eigenvalue weighted by Gasteiger charge is -2.41. The number of hydrogen-bond donors (Lipinski definition) is 2. The third-order valence-corrected chi connectivity index (χ3v) is 6.09. The van der Waals surface area contributed by atoms with Crippen LogP contribution in [0.25, 0.3) is 22.0 Å². The number of ether oxygens (including phenoxy) is 1. The van der Waals surface area contributed by atoms with Gasteiger partial charge in [-0.25, -0.2) is 18.7 Å². The highest BCUT2D eigenvalue weighted by Gasteiger charge is 2.34. The standard InChI is InChI=1S/C21H19ClF2N4O2/c1-10-8-28-11(7-25-10)5-6-30-20-16-19(26-9-27-21(16)28)18(24)15(17(20)22)14-12(23)3-2-4-13(14)29/h2-4,9-11,25,29H,5-8H2,1H3/t10-,11-/m0/s1. The summed E-state index contributed by atoms with van der Waals surface area (Å²) in [6.45, 7) is 3.85. The number of halogens is 3. The Bertz CT molecular complexity index is 1140. The Balaban J connectivity index is 1.84. The molecular formula is C21H19ClF2N4O2. The van der Waals surface area contributed by atoms with Crippen molar-refractivity contribution in [3.05, 3.63) is 41.2 Å². The maximum atomic E-state index is 15.7. The van der Waals surface area contributed by atoms with E-state index in [1.807, 2.05) is 0 Å². The highest BCUT2D eigenvalue weighted by atomic mass is 35.5. The van der Waals surface area contributed by atoms with E-state index in [2.05, 4.69) is 27.1 Å². The number of phenols is 1. The number of rotatable bonds is 1. The molecule has 156 valence electrons. The first-order chi connectivity index (χ1) is 14.5. The molecule has 0 saturated carbocycles. The molecule has 2 N–H and O–H groups in total. The van der Waals surface area contributed by atoms with Crippen molar-refractivity contribution in [2.45, 2.75) is 25.4 Å². The second-order valence-electron chi connectivity index (χ2n) is 7.64. The van der Waals surface area contributed by atoms with Crippen molar-refractivity contribution in [2.75, 3.05) is 24.6 Å². The maximum Gasteiger partial charge on any atom is 0.159 e. The zero-order chi connectivity index (χ0) is 21.0. The van der Waals surface area contributed by atoms with Gasteiger partial charge < -0.3 is 20.1 Å². The van der Waals surface area contributed by atoms with Gasteiger partial charge in [0.25, 0.3) is 0 Å². The van der Waals surface area contributed by atoms with Crippen LogP contribution in [0, 0.1) is 11.6 Å². The fourth-order valence-electron chi connectivity index (χ4n) is 4.29. The van der Waals surface area contributed by atoms with Gasteiger partial charge in [0.1, 0.15) is 29.2 Å². The fourth-order valence-corrected chi connectivity index (χ4v) is 4.62. The number of aromatic nitrogens is 2. The van der Waals surface area contributed by atoms with Crippen molar-refractivity contribution >= 4 is 28.3 Å². The van der Waals surface area contributed by atoms with E-state index in [0.29, 0.717) is 30.8 Å². The summed E-state index contributed by atoms with van der Waals surface area (Å²) in [7, 11) is 0. The van der Waals surface area contributed by atoms with Crippen molar-refractivity contribution < 1.29 is 18.6 Å². The van der Waals surface area contributed by atoms with Crippen molar-refractivity contribution in [3.63, 3.8) is 0 Å². The molecule has 0 aliphatic carbocycles. The first-order valence-electron chi connectivity index (χ1n) is 9.73. The van der Waals surface area contributed by atoms with E-state index in [1.165, 1.54) is 18.5 Å². The van der Waals surface area contributed by atoms with Gasteiger partial charge in [0.15, 0.2) is 11.6 Å². The number of aromatic hydroxyl groups is 1. The van der Waals surface area contributed by atoms with Crippen LogP contribution in [0.1, 0.15) is 13.3 Å². The summed E-state index contributed by atoms with van der Waals surface area (Å²) in [5.74, 6) is -1.30. The number of benzene rings is 2. The highest BCUT2D eigenvalue weighted by Crippen LogP contribution is 2.49. The van der Waals surface area contributed by atoms with Gasteiger partial charge in [-0.1, -0.05) is 17.7 Å². The van der Waals surface area contributed by atoms with E-state index >= 15 is 4.39 Å². The Morgan fingerprint density at radius 3 is 2.90 bits per heavy atom.